The number of amides is 2. The first-order valence-corrected chi connectivity index (χ1v) is 10.4. The lowest BCUT2D eigenvalue weighted by Crippen LogP contribution is -2.36. The van der Waals surface area contributed by atoms with Crippen LogP contribution in [0, 0.1) is 6.92 Å². The predicted octanol–water partition coefficient (Wildman–Crippen LogP) is 5.96. The number of aryl methyl sites for hydroxylation is 1. The Labute approximate surface area is 180 Å². The number of hydrogen-bond donors (Lipinski definition) is 1. The maximum atomic E-state index is 13.1. The molecule has 0 atom stereocenters. The SMILES string of the molecule is Cc1cccc(NC(=O)N(CCc2ccccn2)Cc2ccc(C(C)(C)C)cc2)c1. The van der Waals surface area contributed by atoms with E-state index >= 15 is 0 Å². The van der Waals surface area contributed by atoms with Crippen LogP contribution in [0.4, 0.5) is 10.5 Å². The third-order valence-corrected chi connectivity index (χ3v) is 5.11. The lowest BCUT2D eigenvalue weighted by atomic mass is 9.87. The summed E-state index contributed by atoms with van der Waals surface area (Å²) in [5, 5.41) is 3.04. The summed E-state index contributed by atoms with van der Waals surface area (Å²) in [6.07, 6.45) is 2.50. The fraction of sp³-hybridized carbons (Fsp3) is 0.308. The molecule has 0 saturated carbocycles. The van der Waals surface area contributed by atoms with Crippen molar-refractivity contribution in [3.63, 3.8) is 0 Å². The lowest BCUT2D eigenvalue weighted by molar-refractivity contribution is 0.209. The number of urea groups is 1. The maximum Gasteiger partial charge on any atom is 0.322 e. The highest BCUT2D eigenvalue weighted by molar-refractivity contribution is 5.89. The third kappa shape index (κ3) is 6.18. The Hall–Kier alpha value is -3.14. The molecule has 1 heterocycles. The number of carbonyl (C=O) groups is 1. The van der Waals surface area contributed by atoms with Crippen molar-refractivity contribution in [3.05, 3.63) is 95.3 Å². The van der Waals surface area contributed by atoms with Gasteiger partial charge in [-0.1, -0.05) is 63.2 Å². The van der Waals surface area contributed by atoms with Crippen LogP contribution in [-0.2, 0) is 18.4 Å². The van der Waals surface area contributed by atoms with Crippen molar-refractivity contribution in [2.45, 2.75) is 46.1 Å². The molecule has 0 aliphatic rings. The van der Waals surface area contributed by atoms with Crippen molar-refractivity contribution < 1.29 is 4.79 Å². The summed E-state index contributed by atoms with van der Waals surface area (Å²) < 4.78 is 0. The maximum absolute atomic E-state index is 13.1. The second kappa shape index (κ2) is 9.57. The normalized spacial score (nSPS) is 11.2. The van der Waals surface area contributed by atoms with Gasteiger partial charge in [-0.25, -0.2) is 4.79 Å². The first kappa shape index (κ1) is 21.6. The molecule has 0 bridgehead atoms. The number of pyridine rings is 1. The zero-order valence-corrected chi connectivity index (χ0v) is 18.4. The zero-order valence-electron chi connectivity index (χ0n) is 18.4. The van der Waals surface area contributed by atoms with Gasteiger partial charge in [0.25, 0.3) is 0 Å². The number of rotatable bonds is 6. The molecule has 30 heavy (non-hydrogen) atoms. The number of benzene rings is 2. The van der Waals surface area contributed by atoms with E-state index in [2.05, 4.69) is 55.3 Å². The molecule has 2 amide bonds. The van der Waals surface area contributed by atoms with E-state index in [1.54, 1.807) is 6.20 Å². The molecule has 0 aliphatic heterocycles. The Morgan fingerprint density at radius 2 is 1.77 bits per heavy atom. The van der Waals surface area contributed by atoms with Crippen LogP contribution in [0.1, 0.15) is 43.2 Å². The molecule has 4 heteroatoms. The number of hydrogen-bond acceptors (Lipinski definition) is 2. The summed E-state index contributed by atoms with van der Waals surface area (Å²) in [7, 11) is 0. The summed E-state index contributed by atoms with van der Waals surface area (Å²) in [5.41, 5.74) is 5.42. The smallest absolute Gasteiger partial charge is 0.320 e. The second-order valence-corrected chi connectivity index (χ2v) is 8.74. The Morgan fingerprint density at radius 1 is 1.00 bits per heavy atom. The Bertz CT molecular complexity index is 960. The van der Waals surface area contributed by atoms with Crippen molar-refractivity contribution in [2.75, 3.05) is 11.9 Å². The van der Waals surface area contributed by atoms with E-state index in [-0.39, 0.29) is 11.4 Å². The van der Waals surface area contributed by atoms with Gasteiger partial charge in [-0.2, -0.15) is 0 Å². The van der Waals surface area contributed by atoms with Crippen molar-refractivity contribution in [2.24, 2.45) is 0 Å². The van der Waals surface area contributed by atoms with Crippen molar-refractivity contribution in [1.29, 1.82) is 0 Å². The van der Waals surface area contributed by atoms with Gasteiger partial charge in [0.1, 0.15) is 0 Å². The molecule has 0 fully saturated rings. The number of aromatic nitrogens is 1. The highest BCUT2D eigenvalue weighted by atomic mass is 16.2. The van der Waals surface area contributed by atoms with Crippen LogP contribution in [0.25, 0.3) is 0 Å². The van der Waals surface area contributed by atoms with E-state index in [0.29, 0.717) is 19.5 Å². The van der Waals surface area contributed by atoms with Crippen LogP contribution in [0.2, 0.25) is 0 Å². The molecule has 0 radical (unpaired) electrons. The van der Waals surface area contributed by atoms with Crippen molar-refractivity contribution in [1.82, 2.24) is 9.88 Å². The summed E-state index contributed by atoms with van der Waals surface area (Å²) in [6.45, 7) is 9.78. The number of nitrogens with one attached hydrogen (secondary N) is 1. The monoisotopic (exact) mass is 401 g/mol. The zero-order chi connectivity index (χ0) is 21.6. The lowest BCUT2D eigenvalue weighted by Gasteiger charge is -2.24. The van der Waals surface area contributed by atoms with Gasteiger partial charge >= 0.3 is 6.03 Å². The van der Waals surface area contributed by atoms with E-state index in [1.165, 1.54) is 5.56 Å². The number of nitrogens with zero attached hydrogens (tertiary/aromatic N) is 2. The van der Waals surface area contributed by atoms with Crippen LogP contribution in [0.15, 0.2) is 72.9 Å². The molecule has 0 unspecified atom stereocenters. The van der Waals surface area contributed by atoms with Gasteiger partial charge in [-0.05, 0) is 53.3 Å². The molecule has 3 aromatic rings. The predicted molar refractivity (Wildman–Crippen MR) is 124 cm³/mol. The van der Waals surface area contributed by atoms with Gasteiger partial charge in [0.2, 0.25) is 0 Å². The highest BCUT2D eigenvalue weighted by Gasteiger charge is 2.17. The summed E-state index contributed by atoms with van der Waals surface area (Å²) in [6, 6.07) is 22.2. The topological polar surface area (TPSA) is 45.2 Å². The van der Waals surface area contributed by atoms with Crippen LogP contribution < -0.4 is 5.32 Å². The van der Waals surface area contributed by atoms with E-state index in [1.807, 2.05) is 54.3 Å². The van der Waals surface area contributed by atoms with E-state index in [9.17, 15) is 4.79 Å². The summed E-state index contributed by atoms with van der Waals surface area (Å²) >= 11 is 0. The van der Waals surface area contributed by atoms with Crippen LogP contribution in [-0.4, -0.2) is 22.5 Å². The quantitative estimate of drug-likeness (QED) is 0.553. The molecular weight excluding hydrogens is 370 g/mol. The molecule has 3 rings (SSSR count). The van der Waals surface area contributed by atoms with Gasteiger partial charge in [-0.3, -0.25) is 4.98 Å². The standard InChI is InChI=1S/C26H31N3O/c1-20-8-7-10-24(18-20)28-25(30)29(17-15-23-9-5-6-16-27-23)19-21-11-13-22(14-12-21)26(2,3)4/h5-14,16,18H,15,17,19H2,1-4H3,(H,28,30). The minimum absolute atomic E-state index is 0.101. The molecular formula is C26H31N3O. The largest absolute Gasteiger partial charge is 0.322 e. The Kier molecular flexibility index (Phi) is 6.88. The second-order valence-electron chi connectivity index (χ2n) is 8.74. The molecule has 1 N–H and O–H groups in total. The molecule has 2 aromatic carbocycles. The number of carbonyl (C=O) groups excluding carboxylic acids is 1. The summed E-state index contributed by atoms with van der Waals surface area (Å²) in [4.78, 5) is 19.3. The van der Waals surface area contributed by atoms with Crippen LogP contribution in [0.3, 0.4) is 0 Å². The van der Waals surface area contributed by atoms with E-state index in [4.69, 9.17) is 0 Å². The van der Waals surface area contributed by atoms with Gasteiger partial charge in [-0.15, -0.1) is 0 Å². The molecule has 0 aliphatic carbocycles. The van der Waals surface area contributed by atoms with Crippen LogP contribution >= 0.6 is 0 Å². The van der Waals surface area contributed by atoms with E-state index in [0.717, 1.165) is 22.5 Å². The average Bonchev–Trinajstić information content (AvgIpc) is 2.71. The number of anilines is 1. The minimum atomic E-state index is -0.101. The molecule has 1 aromatic heterocycles. The molecule has 0 saturated heterocycles. The van der Waals surface area contributed by atoms with E-state index < -0.39 is 0 Å². The molecule has 156 valence electrons. The Balaban J connectivity index is 1.75. The van der Waals surface area contributed by atoms with Gasteiger partial charge in [0.05, 0.1) is 0 Å². The van der Waals surface area contributed by atoms with Crippen molar-refractivity contribution >= 4 is 11.7 Å². The summed E-state index contributed by atoms with van der Waals surface area (Å²) in [5.74, 6) is 0. The molecule has 0 spiro atoms. The fourth-order valence-corrected chi connectivity index (χ4v) is 3.30. The average molecular weight is 402 g/mol. The first-order valence-electron chi connectivity index (χ1n) is 10.4. The fourth-order valence-electron chi connectivity index (χ4n) is 3.30. The first-order chi connectivity index (χ1) is 14.3. The molecule has 4 nitrogen and oxygen atoms in total. The van der Waals surface area contributed by atoms with Crippen molar-refractivity contribution in [3.8, 4) is 0 Å². The van der Waals surface area contributed by atoms with Gasteiger partial charge < -0.3 is 10.2 Å². The van der Waals surface area contributed by atoms with Gasteiger partial charge in [0.15, 0.2) is 0 Å². The van der Waals surface area contributed by atoms with Gasteiger partial charge in [0, 0.05) is 37.1 Å². The Morgan fingerprint density at radius 3 is 2.40 bits per heavy atom. The third-order valence-electron chi connectivity index (χ3n) is 5.11. The minimum Gasteiger partial charge on any atom is -0.320 e. The highest BCUT2D eigenvalue weighted by Crippen LogP contribution is 2.22. The van der Waals surface area contributed by atoms with Crippen LogP contribution in [0.5, 0.6) is 0 Å².